The Balaban J connectivity index is 1.46. The number of carbonyl (C=O) groups excluding carboxylic acids is 1. The molecule has 1 fully saturated rings. The standard InChI is InChI=1S/C25H31N3O2S/c1-5-30-20-11-10-18-8-6-7-9-19(18)23(20)24(29)28-14-12-27(13-15-28)16-22-26-21(17-31-22)25(2,3)4/h6-11,17H,5,12-16H2,1-4H3. The molecule has 164 valence electrons. The summed E-state index contributed by atoms with van der Waals surface area (Å²) < 4.78 is 5.82. The van der Waals surface area contributed by atoms with Crippen LogP contribution in [0.4, 0.5) is 0 Å². The van der Waals surface area contributed by atoms with Crippen LogP contribution in [0.2, 0.25) is 0 Å². The highest BCUT2D eigenvalue weighted by atomic mass is 32.1. The van der Waals surface area contributed by atoms with Crippen LogP contribution in [-0.2, 0) is 12.0 Å². The zero-order valence-electron chi connectivity index (χ0n) is 18.9. The average molecular weight is 438 g/mol. The van der Waals surface area contributed by atoms with E-state index in [0.29, 0.717) is 31.0 Å². The first-order valence-corrected chi connectivity index (χ1v) is 11.9. The maximum absolute atomic E-state index is 13.5. The molecule has 4 rings (SSSR count). The molecule has 1 saturated heterocycles. The molecule has 5 nitrogen and oxygen atoms in total. The van der Waals surface area contributed by atoms with E-state index in [9.17, 15) is 4.79 Å². The van der Waals surface area contributed by atoms with Gasteiger partial charge in [-0.15, -0.1) is 11.3 Å². The number of carbonyl (C=O) groups is 1. The van der Waals surface area contributed by atoms with Crippen LogP contribution in [0.3, 0.4) is 0 Å². The molecule has 0 spiro atoms. The summed E-state index contributed by atoms with van der Waals surface area (Å²) in [5.74, 6) is 0.732. The highest BCUT2D eigenvalue weighted by Crippen LogP contribution is 2.30. The highest BCUT2D eigenvalue weighted by molar-refractivity contribution is 7.09. The summed E-state index contributed by atoms with van der Waals surface area (Å²) in [6.45, 7) is 13.1. The Morgan fingerprint density at radius 3 is 2.52 bits per heavy atom. The lowest BCUT2D eigenvalue weighted by Gasteiger charge is -2.34. The fraction of sp³-hybridized carbons (Fsp3) is 0.440. The Morgan fingerprint density at radius 2 is 1.84 bits per heavy atom. The van der Waals surface area contributed by atoms with Gasteiger partial charge in [-0.1, -0.05) is 51.1 Å². The third-order valence-corrected chi connectivity index (χ3v) is 6.58. The van der Waals surface area contributed by atoms with Gasteiger partial charge in [0.2, 0.25) is 0 Å². The molecule has 3 aromatic rings. The van der Waals surface area contributed by atoms with E-state index in [2.05, 4.69) is 31.1 Å². The minimum Gasteiger partial charge on any atom is -0.493 e. The molecule has 1 amide bonds. The molecule has 0 atom stereocenters. The third kappa shape index (κ3) is 4.75. The van der Waals surface area contributed by atoms with E-state index >= 15 is 0 Å². The van der Waals surface area contributed by atoms with Gasteiger partial charge in [0, 0.05) is 37.0 Å². The molecule has 0 saturated carbocycles. The zero-order valence-corrected chi connectivity index (χ0v) is 19.7. The number of ether oxygens (including phenoxy) is 1. The van der Waals surface area contributed by atoms with Crippen molar-refractivity contribution >= 4 is 28.0 Å². The fourth-order valence-corrected chi connectivity index (χ4v) is 5.00. The molecule has 0 unspecified atom stereocenters. The van der Waals surface area contributed by atoms with Crippen molar-refractivity contribution in [2.24, 2.45) is 0 Å². The Kier molecular flexibility index (Phi) is 6.30. The molecular formula is C25H31N3O2S. The van der Waals surface area contributed by atoms with Crippen molar-refractivity contribution in [3.8, 4) is 5.75 Å². The predicted molar refractivity (Wildman–Crippen MR) is 127 cm³/mol. The Bertz CT molecular complexity index is 1060. The van der Waals surface area contributed by atoms with E-state index in [1.165, 1.54) is 0 Å². The first-order valence-electron chi connectivity index (χ1n) is 11.0. The number of rotatable bonds is 5. The first kappa shape index (κ1) is 21.8. The number of fused-ring (bicyclic) bond motifs is 1. The molecule has 1 aromatic heterocycles. The first-order chi connectivity index (χ1) is 14.9. The van der Waals surface area contributed by atoms with Crippen molar-refractivity contribution in [1.29, 1.82) is 0 Å². The topological polar surface area (TPSA) is 45.7 Å². The largest absolute Gasteiger partial charge is 0.493 e. The third-order valence-electron chi connectivity index (χ3n) is 5.74. The number of benzene rings is 2. The van der Waals surface area contributed by atoms with Crippen LogP contribution < -0.4 is 4.74 Å². The van der Waals surface area contributed by atoms with Gasteiger partial charge in [0.25, 0.3) is 5.91 Å². The van der Waals surface area contributed by atoms with E-state index in [1.807, 2.05) is 48.2 Å². The second-order valence-electron chi connectivity index (χ2n) is 9.04. The zero-order chi connectivity index (χ0) is 22.0. The van der Waals surface area contributed by atoms with E-state index < -0.39 is 0 Å². The van der Waals surface area contributed by atoms with Crippen molar-refractivity contribution in [2.45, 2.75) is 39.7 Å². The lowest BCUT2D eigenvalue weighted by Crippen LogP contribution is -2.48. The summed E-state index contributed by atoms with van der Waals surface area (Å²) in [5, 5.41) is 5.34. The summed E-state index contributed by atoms with van der Waals surface area (Å²) in [4.78, 5) is 22.7. The minimum atomic E-state index is 0.0594. The van der Waals surface area contributed by atoms with Crippen LogP contribution in [-0.4, -0.2) is 53.5 Å². The number of nitrogens with zero attached hydrogens (tertiary/aromatic N) is 3. The van der Waals surface area contributed by atoms with Gasteiger partial charge >= 0.3 is 0 Å². The Hall–Kier alpha value is -2.44. The maximum Gasteiger partial charge on any atom is 0.258 e. The quantitative estimate of drug-likeness (QED) is 0.567. The lowest BCUT2D eigenvalue weighted by molar-refractivity contribution is 0.0626. The average Bonchev–Trinajstić information content (AvgIpc) is 3.23. The van der Waals surface area contributed by atoms with Crippen LogP contribution in [0.1, 0.15) is 48.8 Å². The van der Waals surface area contributed by atoms with E-state index in [1.54, 1.807) is 11.3 Å². The van der Waals surface area contributed by atoms with Crippen LogP contribution in [0.15, 0.2) is 41.8 Å². The molecule has 1 aliphatic heterocycles. The van der Waals surface area contributed by atoms with Gasteiger partial charge in [0.1, 0.15) is 10.8 Å². The van der Waals surface area contributed by atoms with Gasteiger partial charge < -0.3 is 9.64 Å². The highest BCUT2D eigenvalue weighted by Gasteiger charge is 2.27. The van der Waals surface area contributed by atoms with Crippen molar-refractivity contribution in [1.82, 2.24) is 14.8 Å². The normalized spacial score (nSPS) is 15.4. The van der Waals surface area contributed by atoms with Crippen LogP contribution >= 0.6 is 11.3 Å². The van der Waals surface area contributed by atoms with E-state index in [0.717, 1.165) is 41.1 Å². The van der Waals surface area contributed by atoms with Crippen molar-refractivity contribution in [3.63, 3.8) is 0 Å². The summed E-state index contributed by atoms with van der Waals surface area (Å²) in [7, 11) is 0. The summed E-state index contributed by atoms with van der Waals surface area (Å²) in [6.07, 6.45) is 0. The van der Waals surface area contributed by atoms with Gasteiger partial charge in [0.05, 0.1) is 24.4 Å². The predicted octanol–water partition coefficient (Wildman–Crippen LogP) is 4.95. The van der Waals surface area contributed by atoms with Crippen molar-refractivity contribution < 1.29 is 9.53 Å². The molecule has 2 aromatic carbocycles. The number of aromatic nitrogens is 1. The van der Waals surface area contributed by atoms with Gasteiger partial charge in [-0.3, -0.25) is 9.69 Å². The van der Waals surface area contributed by atoms with Gasteiger partial charge in [-0.25, -0.2) is 4.98 Å². The number of thiazole rings is 1. The SMILES string of the molecule is CCOc1ccc2ccccc2c1C(=O)N1CCN(Cc2nc(C(C)(C)C)cs2)CC1. The molecular weight excluding hydrogens is 406 g/mol. The van der Waals surface area contributed by atoms with Gasteiger partial charge in [-0.2, -0.15) is 0 Å². The van der Waals surface area contributed by atoms with Crippen molar-refractivity contribution in [3.05, 3.63) is 58.0 Å². The second kappa shape index (κ2) is 8.97. The lowest BCUT2D eigenvalue weighted by atomic mass is 9.93. The number of piperazine rings is 1. The van der Waals surface area contributed by atoms with Crippen LogP contribution in [0.5, 0.6) is 5.75 Å². The minimum absolute atomic E-state index is 0.0594. The second-order valence-corrected chi connectivity index (χ2v) is 9.98. The molecule has 1 aliphatic rings. The van der Waals surface area contributed by atoms with Crippen molar-refractivity contribution in [2.75, 3.05) is 32.8 Å². The number of hydrogen-bond donors (Lipinski definition) is 0. The van der Waals surface area contributed by atoms with E-state index in [4.69, 9.17) is 9.72 Å². The molecule has 0 bridgehead atoms. The number of hydrogen-bond acceptors (Lipinski definition) is 5. The molecule has 0 aliphatic carbocycles. The van der Waals surface area contributed by atoms with E-state index in [-0.39, 0.29) is 11.3 Å². The molecule has 2 heterocycles. The van der Waals surface area contributed by atoms with Gasteiger partial charge in [-0.05, 0) is 23.8 Å². The maximum atomic E-state index is 13.5. The Morgan fingerprint density at radius 1 is 1.10 bits per heavy atom. The van der Waals surface area contributed by atoms with Crippen LogP contribution in [0.25, 0.3) is 10.8 Å². The fourth-order valence-electron chi connectivity index (χ4n) is 3.93. The monoisotopic (exact) mass is 437 g/mol. The molecule has 0 radical (unpaired) electrons. The smallest absolute Gasteiger partial charge is 0.258 e. The molecule has 0 N–H and O–H groups in total. The van der Waals surface area contributed by atoms with Crippen LogP contribution in [0, 0.1) is 0 Å². The molecule has 31 heavy (non-hydrogen) atoms. The summed E-state index contributed by atoms with van der Waals surface area (Å²) in [5.41, 5.74) is 1.92. The Labute approximate surface area is 188 Å². The number of amides is 1. The summed E-state index contributed by atoms with van der Waals surface area (Å²) in [6, 6.07) is 12.0. The summed E-state index contributed by atoms with van der Waals surface area (Å²) >= 11 is 1.73. The van der Waals surface area contributed by atoms with Gasteiger partial charge in [0.15, 0.2) is 0 Å². The molecule has 6 heteroatoms.